The molecular weight excluding hydrogens is 741 g/mol. The van der Waals surface area contributed by atoms with Crippen molar-refractivity contribution in [3.8, 4) is 33.6 Å². The van der Waals surface area contributed by atoms with E-state index in [-0.39, 0.29) is 0 Å². The average Bonchev–Trinajstić information content (AvgIpc) is 4.02. The van der Waals surface area contributed by atoms with E-state index in [1.54, 1.807) is 0 Å². The van der Waals surface area contributed by atoms with Gasteiger partial charge in [-0.3, -0.25) is 0 Å². The lowest BCUT2D eigenvalue weighted by atomic mass is 10.00. The number of nitrogens with zero attached hydrogens (tertiary/aromatic N) is 2. The van der Waals surface area contributed by atoms with Crippen LogP contribution < -0.4 is 0 Å². The second-order valence-electron chi connectivity index (χ2n) is 15.3. The number of hydrogen-bond donors (Lipinski definition) is 0. The van der Waals surface area contributed by atoms with Crippen LogP contribution in [0.25, 0.3) is 118 Å². The van der Waals surface area contributed by atoms with Gasteiger partial charge in [-0.2, -0.15) is 0 Å². The van der Waals surface area contributed by atoms with Crippen LogP contribution in [0, 0.1) is 0 Å². The van der Waals surface area contributed by atoms with E-state index in [1.165, 1.54) is 118 Å². The molecule has 4 heterocycles. The number of benzene rings is 9. The maximum absolute atomic E-state index is 2.44. The molecular formula is C54H32N2S2. The molecule has 0 amide bonds. The smallest absolute Gasteiger partial charge is 0.0541 e. The average molecular weight is 773 g/mol. The predicted octanol–water partition coefficient (Wildman–Crippen LogP) is 16.0. The zero-order chi connectivity index (χ0) is 37.9. The Kier molecular flexibility index (Phi) is 6.79. The summed E-state index contributed by atoms with van der Waals surface area (Å²) in [6.07, 6.45) is 0. The number of aromatic nitrogens is 2. The summed E-state index contributed by atoms with van der Waals surface area (Å²) in [7, 11) is 0. The van der Waals surface area contributed by atoms with E-state index in [1.807, 2.05) is 22.7 Å². The summed E-state index contributed by atoms with van der Waals surface area (Å²) >= 11 is 3.81. The van der Waals surface area contributed by atoms with Crippen LogP contribution in [-0.2, 0) is 0 Å². The van der Waals surface area contributed by atoms with Crippen LogP contribution in [0.3, 0.4) is 0 Å². The normalized spacial score (nSPS) is 12.1. The largest absolute Gasteiger partial charge is 0.309 e. The molecule has 270 valence electrons. The molecule has 0 aliphatic heterocycles. The molecule has 2 nitrogen and oxygen atoms in total. The maximum atomic E-state index is 2.44. The Morgan fingerprint density at radius 1 is 0.241 bits per heavy atom. The number of rotatable bonds is 4. The maximum Gasteiger partial charge on any atom is 0.0541 e. The van der Waals surface area contributed by atoms with E-state index < -0.39 is 0 Å². The lowest BCUT2D eigenvalue weighted by molar-refractivity contribution is 1.18. The van der Waals surface area contributed by atoms with E-state index in [0.29, 0.717) is 0 Å². The standard InChI is InChI=1S/C54H32N2S2/c1-3-11-37(12-4-1)55-47-17-9-7-15-39(47)43-27-33(21-25-49(43)55)35-19-23-41-45-31-46-42-24-20-36(30-52(42)58-54(46)32-53(45)57-51(41)29-35)34-22-26-50-44(28-34)40-16-8-10-18-48(40)56(50)38-13-5-2-6-14-38/h1-32H. The molecule has 13 rings (SSSR count). The first-order chi connectivity index (χ1) is 28.7. The summed E-state index contributed by atoms with van der Waals surface area (Å²) in [6.45, 7) is 0. The summed E-state index contributed by atoms with van der Waals surface area (Å²) in [6, 6.07) is 71.7. The third kappa shape index (κ3) is 4.70. The summed E-state index contributed by atoms with van der Waals surface area (Å²) in [5, 5.41) is 10.4. The van der Waals surface area contributed by atoms with Gasteiger partial charge in [-0.05, 0) is 107 Å². The molecule has 58 heavy (non-hydrogen) atoms. The second-order valence-corrected chi connectivity index (χ2v) is 17.5. The van der Waals surface area contributed by atoms with Gasteiger partial charge in [0.2, 0.25) is 0 Å². The van der Waals surface area contributed by atoms with E-state index in [2.05, 4.69) is 203 Å². The van der Waals surface area contributed by atoms with Gasteiger partial charge in [0, 0.05) is 73.3 Å². The van der Waals surface area contributed by atoms with E-state index in [9.17, 15) is 0 Å². The first kappa shape index (κ1) is 32.1. The first-order valence-electron chi connectivity index (χ1n) is 19.7. The molecule has 0 bridgehead atoms. The van der Waals surface area contributed by atoms with Crippen molar-refractivity contribution in [2.75, 3.05) is 0 Å². The van der Waals surface area contributed by atoms with Gasteiger partial charge >= 0.3 is 0 Å². The highest BCUT2D eigenvalue weighted by atomic mass is 32.1. The van der Waals surface area contributed by atoms with Crippen LogP contribution in [-0.4, -0.2) is 9.13 Å². The molecule has 0 N–H and O–H groups in total. The molecule has 0 radical (unpaired) electrons. The zero-order valence-corrected chi connectivity index (χ0v) is 32.8. The number of para-hydroxylation sites is 4. The highest BCUT2D eigenvalue weighted by molar-refractivity contribution is 7.28. The fourth-order valence-corrected chi connectivity index (χ4v) is 11.8. The fraction of sp³-hybridized carbons (Fsp3) is 0. The van der Waals surface area contributed by atoms with Crippen molar-refractivity contribution >= 4 is 107 Å². The first-order valence-corrected chi connectivity index (χ1v) is 21.4. The lowest BCUT2D eigenvalue weighted by Gasteiger charge is -2.08. The third-order valence-electron chi connectivity index (χ3n) is 12.1. The third-order valence-corrected chi connectivity index (χ3v) is 14.3. The molecule has 0 saturated heterocycles. The summed E-state index contributed by atoms with van der Waals surface area (Å²) < 4.78 is 10.1. The van der Waals surface area contributed by atoms with Gasteiger partial charge in [0.25, 0.3) is 0 Å². The van der Waals surface area contributed by atoms with Crippen LogP contribution in [0.15, 0.2) is 194 Å². The second kappa shape index (κ2) is 12.3. The Bertz CT molecular complexity index is 3540. The summed E-state index contributed by atoms with van der Waals surface area (Å²) in [5.74, 6) is 0. The predicted molar refractivity (Wildman–Crippen MR) is 252 cm³/mol. The van der Waals surface area contributed by atoms with Crippen molar-refractivity contribution in [2.24, 2.45) is 0 Å². The molecule has 0 spiro atoms. The van der Waals surface area contributed by atoms with Gasteiger partial charge in [0.05, 0.1) is 22.1 Å². The van der Waals surface area contributed by atoms with Crippen molar-refractivity contribution < 1.29 is 0 Å². The molecule has 0 saturated carbocycles. The molecule has 0 unspecified atom stereocenters. The topological polar surface area (TPSA) is 9.86 Å². The zero-order valence-electron chi connectivity index (χ0n) is 31.2. The summed E-state index contributed by atoms with van der Waals surface area (Å²) in [4.78, 5) is 0. The van der Waals surface area contributed by atoms with Gasteiger partial charge in [-0.25, -0.2) is 0 Å². The molecule has 9 aromatic carbocycles. The van der Waals surface area contributed by atoms with Crippen LogP contribution >= 0.6 is 22.7 Å². The molecule has 0 atom stereocenters. The molecule has 0 aliphatic carbocycles. The van der Waals surface area contributed by atoms with Gasteiger partial charge in [0.15, 0.2) is 0 Å². The molecule has 13 aromatic rings. The Morgan fingerprint density at radius 3 is 1.10 bits per heavy atom. The highest BCUT2D eigenvalue weighted by Gasteiger charge is 2.17. The Morgan fingerprint density at radius 2 is 0.621 bits per heavy atom. The van der Waals surface area contributed by atoms with Crippen LogP contribution in [0.4, 0.5) is 0 Å². The van der Waals surface area contributed by atoms with Gasteiger partial charge in [-0.1, -0.05) is 109 Å². The van der Waals surface area contributed by atoms with Crippen LogP contribution in [0.1, 0.15) is 0 Å². The van der Waals surface area contributed by atoms with Crippen LogP contribution in [0.2, 0.25) is 0 Å². The Balaban J connectivity index is 0.888. The van der Waals surface area contributed by atoms with Crippen molar-refractivity contribution in [1.29, 1.82) is 0 Å². The Labute approximate surface area is 341 Å². The van der Waals surface area contributed by atoms with Gasteiger partial charge in [-0.15, -0.1) is 22.7 Å². The summed E-state index contributed by atoms with van der Waals surface area (Å²) in [5.41, 5.74) is 12.3. The Hall–Kier alpha value is -6.98. The minimum Gasteiger partial charge on any atom is -0.309 e. The molecule has 4 aromatic heterocycles. The quantitative estimate of drug-likeness (QED) is 0.169. The highest BCUT2D eigenvalue weighted by Crippen LogP contribution is 2.44. The SMILES string of the molecule is c1ccc(-n2c3ccccc3c3cc(-c4ccc5c(c4)sc4cc6sc7cc(-c8ccc9c(c8)c8ccccc8n9-c8ccccc8)ccc7c6cc45)ccc32)cc1. The molecule has 0 fully saturated rings. The molecule has 0 aliphatic rings. The van der Waals surface area contributed by atoms with E-state index in [4.69, 9.17) is 0 Å². The van der Waals surface area contributed by atoms with E-state index >= 15 is 0 Å². The van der Waals surface area contributed by atoms with Gasteiger partial charge in [0.1, 0.15) is 0 Å². The fourth-order valence-electron chi connectivity index (χ4n) is 9.42. The minimum absolute atomic E-state index is 1.18. The number of thiophene rings is 2. The minimum atomic E-state index is 1.18. The van der Waals surface area contributed by atoms with E-state index in [0.717, 1.165) is 0 Å². The van der Waals surface area contributed by atoms with Crippen LogP contribution in [0.5, 0.6) is 0 Å². The van der Waals surface area contributed by atoms with Crippen molar-refractivity contribution in [3.05, 3.63) is 194 Å². The lowest BCUT2D eigenvalue weighted by Crippen LogP contribution is -1.92. The van der Waals surface area contributed by atoms with Gasteiger partial charge < -0.3 is 9.13 Å². The molecule has 4 heteroatoms. The van der Waals surface area contributed by atoms with Crippen molar-refractivity contribution in [1.82, 2.24) is 9.13 Å². The number of hydrogen-bond acceptors (Lipinski definition) is 2. The number of fused-ring (bicyclic) bond motifs is 12. The van der Waals surface area contributed by atoms with Crippen molar-refractivity contribution in [3.63, 3.8) is 0 Å². The van der Waals surface area contributed by atoms with Crippen molar-refractivity contribution in [2.45, 2.75) is 0 Å². The monoisotopic (exact) mass is 772 g/mol.